The quantitative estimate of drug-likeness (QED) is 0.365. The van der Waals surface area contributed by atoms with E-state index in [1.54, 1.807) is 51.7 Å². The number of nitrogens with zero attached hydrogens (tertiary/aromatic N) is 1. The van der Waals surface area contributed by atoms with Crippen molar-refractivity contribution in [2.24, 2.45) is 0 Å². The van der Waals surface area contributed by atoms with E-state index in [-0.39, 0.29) is 11.5 Å². The van der Waals surface area contributed by atoms with Gasteiger partial charge in [-0.05, 0) is 42.0 Å². The highest BCUT2D eigenvalue weighted by Gasteiger charge is 2.34. The van der Waals surface area contributed by atoms with E-state index in [4.69, 9.17) is 46.9 Å². The molecule has 0 atom stereocenters. The number of allylic oxidation sites excluding steroid dienone is 1. The van der Waals surface area contributed by atoms with Crippen molar-refractivity contribution >= 4 is 35.1 Å². The van der Waals surface area contributed by atoms with Gasteiger partial charge in [0.15, 0.2) is 17.3 Å². The molecule has 0 fully saturated rings. The van der Waals surface area contributed by atoms with Crippen LogP contribution in [0.5, 0.6) is 28.7 Å². The van der Waals surface area contributed by atoms with Crippen molar-refractivity contribution in [1.82, 2.24) is 4.90 Å². The molecule has 7 nitrogen and oxygen atoms in total. The number of carbonyl (C=O) groups is 1. The molecule has 0 spiro atoms. The van der Waals surface area contributed by atoms with Gasteiger partial charge in [-0.2, -0.15) is 0 Å². The zero-order valence-electron chi connectivity index (χ0n) is 19.9. The number of halogens is 2. The van der Waals surface area contributed by atoms with Crippen molar-refractivity contribution in [2.45, 2.75) is 13.1 Å². The van der Waals surface area contributed by atoms with Crippen molar-refractivity contribution in [1.29, 1.82) is 0 Å². The minimum atomic E-state index is -0.216. The van der Waals surface area contributed by atoms with Crippen LogP contribution in [0.25, 0.3) is 6.08 Å². The average molecular weight is 528 g/mol. The van der Waals surface area contributed by atoms with E-state index in [1.807, 2.05) is 18.2 Å². The minimum Gasteiger partial charge on any atom is -0.496 e. The number of ether oxygens (including phenoxy) is 5. The van der Waals surface area contributed by atoms with E-state index in [9.17, 15) is 4.79 Å². The van der Waals surface area contributed by atoms with Crippen LogP contribution in [-0.4, -0.2) is 38.7 Å². The van der Waals surface area contributed by atoms with Crippen molar-refractivity contribution in [3.63, 3.8) is 0 Å². The Morgan fingerprint density at radius 2 is 1.69 bits per heavy atom. The van der Waals surface area contributed by atoms with Crippen molar-refractivity contribution < 1.29 is 28.5 Å². The number of ketones is 1. The third-order valence-corrected chi connectivity index (χ3v) is 6.83. The summed E-state index contributed by atoms with van der Waals surface area (Å²) in [5.74, 6) is 2.71. The minimum absolute atomic E-state index is 0.186. The van der Waals surface area contributed by atoms with E-state index in [1.165, 1.54) is 0 Å². The van der Waals surface area contributed by atoms with Crippen LogP contribution in [-0.2, 0) is 13.1 Å². The predicted octanol–water partition coefficient (Wildman–Crippen LogP) is 5.99. The summed E-state index contributed by atoms with van der Waals surface area (Å²) in [4.78, 5) is 15.3. The van der Waals surface area contributed by atoms with Gasteiger partial charge in [-0.1, -0.05) is 29.3 Å². The Hall–Kier alpha value is -3.39. The van der Waals surface area contributed by atoms with E-state index in [2.05, 4.69) is 4.90 Å². The number of benzene rings is 3. The molecule has 2 heterocycles. The molecule has 3 aromatic rings. The first-order valence-corrected chi connectivity index (χ1v) is 11.9. The average Bonchev–Trinajstić information content (AvgIpc) is 3.21. The summed E-state index contributed by atoms with van der Waals surface area (Å²) in [7, 11) is 4.64. The van der Waals surface area contributed by atoms with Crippen molar-refractivity contribution in [2.75, 3.05) is 28.1 Å². The molecule has 0 aromatic heterocycles. The van der Waals surface area contributed by atoms with E-state index < -0.39 is 0 Å². The van der Waals surface area contributed by atoms with Crippen LogP contribution in [0.2, 0.25) is 10.0 Å². The maximum absolute atomic E-state index is 13.2. The molecule has 9 heteroatoms. The Balaban J connectivity index is 1.44. The number of Topliss-reactive ketones (excluding diaryl/α,β-unsaturated/α-hetero) is 1. The molecule has 186 valence electrons. The summed E-state index contributed by atoms with van der Waals surface area (Å²) >= 11 is 12.2. The van der Waals surface area contributed by atoms with Gasteiger partial charge in [0, 0.05) is 24.7 Å². The van der Waals surface area contributed by atoms with Gasteiger partial charge in [-0.3, -0.25) is 9.69 Å². The molecule has 5 rings (SSSR count). The van der Waals surface area contributed by atoms with Crippen molar-refractivity contribution in [3.05, 3.63) is 80.5 Å². The molecule has 0 radical (unpaired) electrons. The van der Waals surface area contributed by atoms with Gasteiger partial charge in [-0.15, -0.1) is 0 Å². The van der Waals surface area contributed by atoms with Gasteiger partial charge in [-0.25, -0.2) is 0 Å². The SMILES string of the molecule is COc1cc(OC)c(OC)cc1/C=C1\Oc2c(ccc3c2CN(Cc2ccc(Cl)c(Cl)c2)CO3)C1=O. The van der Waals surface area contributed by atoms with Gasteiger partial charge in [0.25, 0.3) is 0 Å². The normalized spacial score (nSPS) is 15.7. The smallest absolute Gasteiger partial charge is 0.231 e. The van der Waals surface area contributed by atoms with Crippen LogP contribution >= 0.6 is 23.2 Å². The predicted molar refractivity (Wildman–Crippen MR) is 137 cm³/mol. The maximum Gasteiger partial charge on any atom is 0.231 e. The lowest BCUT2D eigenvalue weighted by molar-refractivity contribution is 0.0873. The Morgan fingerprint density at radius 3 is 2.42 bits per heavy atom. The molecule has 0 aliphatic carbocycles. The lowest BCUT2D eigenvalue weighted by Crippen LogP contribution is -2.31. The Morgan fingerprint density at radius 1 is 0.944 bits per heavy atom. The van der Waals surface area contributed by atoms with Crippen LogP contribution in [0.15, 0.2) is 48.2 Å². The summed E-state index contributed by atoms with van der Waals surface area (Å²) in [6, 6.07) is 12.5. The molecule has 0 saturated heterocycles. The number of methoxy groups -OCH3 is 3. The molecule has 0 saturated carbocycles. The third-order valence-electron chi connectivity index (χ3n) is 6.09. The summed E-state index contributed by atoms with van der Waals surface area (Å²) in [5.41, 5.74) is 2.93. The second-order valence-electron chi connectivity index (χ2n) is 8.32. The summed E-state index contributed by atoms with van der Waals surface area (Å²) < 4.78 is 28.3. The lowest BCUT2D eigenvalue weighted by Gasteiger charge is -2.29. The molecular weight excluding hydrogens is 505 g/mol. The van der Waals surface area contributed by atoms with Gasteiger partial charge in [0.2, 0.25) is 5.78 Å². The molecule has 36 heavy (non-hydrogen) atoms. The van der Waals surface area contributed by atoms with Gasteiger partial charge in [0.05, 0.1) is 42.5 Å². The van der Waals surface area contributed by atoms with Crippen LogP contribution in [0.3, 0.4) is 0 Å². The number of carbonyl (C=O) groups excluding carboxylic acids is 1. The Kier molecular flexibility index (Phi) is 6.71. The van der Waals surface area contributed by atoms with Crippen LogP contribution < -0.4 is 23.7 Å². The monoisotopic (exact) mass is 527 g/mol. The van der Waals surface area contributed by atoms with Crippen LogP contribution in [0.4, 0.5) is 0 Å². The molecular formula is C27H23Cl2NO6. The molecule has 2 aliphatic rings. The van der Waals surface area contributed by atoms with Gasteiger partial charge in [0.1, 0.15) is 24.0 Å². The second kappa shape index (κ2) is 9.93. The molecule has 0 unspecified atom stereocenters. The Bertz CT molecular complexity index is 1390. The van der Waals surface area contributed by atoms with E-state index in [0.29, 0.717) is 69.7 Å². The highest BCUT2D eigenvalue weighted by atomic mass is 35.5. The first kappa shape index (κ1) is 24.3. The fourth-order valence-electron chi connectivity index (χ4n) is 4.31. The molecule has 0 bridgehead atoms. The molecule has 0 amide bonds. The highest BCUT2D eigenvalue weighted by molar-refractivity contribution is 6.42. The molecule has 3 aromatic carbocycles. The number of rotatable bonds is 6. The number of hydrogen-bond donors (Lipinski definition) is 0. The zero-order valence-corrected chi connectivity index (χ0v) is 21.4. The summed E-state index contributed by atoms with van der Waals surface area (Å²) in [5, 5.41) is 1.01. The molecule has 0 N–H and O–H groups in total. The first-order valence-electron chi connectivity index (χ1n) is 11.1. The zero-order chi connectivity index (χ0) is 25.4. The third kappa shape index (κ3) is 4.46. The second-order valence-corrected chi connectivity index (χ2v) is 9.13. The summed E-state index contributed by atoms with van der Waals surface area (Å²) in [6.07, 6.45) is 1.65. The fourth-order valence-corrected chi connectivity index (χ4v) is 4.63. The topological polar surface area (TPSA) is 66.5 Å². The largest absolute Gasteiger partial charge is 0.496 e. The lowest BCUT2D eigenvalue weighted by atomic mass is 10.0. The van der Waals surface area contributed by atoms with Gasteiger partial charge >= 0.3 is 0 Å². The standard InChI is InChI=1S/C27H23Cl2NO6/c1-32-22-11-24(34-3)23(33-2)9-16(22)10-25-26(31)17-5-7-21-18(27(17)36-25)13-30(14-35-21)12-15-4-6-19(28)20(29)8-15/h4-11H,12-14H2,1-3H3/b25-10-. The highest BCUT2D eigenvalue weighted by Crippen LogP contribution is 2.43. The fraction of sp³-hybridized carbons (Fsp3) is 0.222. The summed E-state index contributed by atoms with van der Waals surface area (Å²) in [6.45, 7) is 1.53. The number of fused-ring (bicyclic) bond motifs is 3. The van der Waals surface area contributed by atoms with Crippen LogP contribution in [0.1, 0.15) is 27.0 Å². The van der Waals surface area contributed by atoms with Crippen molar-refractivity contribution in [3.8, 4) is 28.7 Å². The van der Waals surface area contributed by atoms with Crippen LogP contribution in [0, 0.1) is 0 Å². The maximum atomic E-state index is 13.2. The van der Waals surface area contributed by atoms with E-state index >= 15 is 0 Å². The molecule has 2 aliphatic heterocycles. The Labute approximate surface area is 218 Å². The first-order chi connectivity index (χ1) is 17.4. The van der Waals surface area contributed by atoms with Gasteiger partial charge < -0.3 is 23.7 Å². The van der Waals surface area contributed by atoms with E-state index in [0.717, 1.165) is 11.1 Å². The number of hydrogen-bond acceptors (Lipinski definition) is 7.